The van der Waals surface area contributed by atoms with Crippen molar-refractivity contribution >= 4 is 23.8 Å². The summed E-state index contributed by atoms with van der Waals surface area (Å²) >= 11 is 5.91. The fourth-order valence-electron chi connectivity index (χ4n) is 3.70. The largest absolute Gasteiger partial charge is 0.342 e. The van der Waals surface area contributed by atoms with Crippen molar-refractivity contribution in [3.63, 3.8) is 0 Å². The lowest BCUT2D eigenvalue weighted by Crippen LogP contribution is -2.49. The van der Waals surface area contributed by atoms with E-state index in [9.17, 15) is 9.59 Å². The van der Waals surface area contributed by atoms with Crippen LogP contribution in [-0.4, -0.2) is 30.2 Å². The summed E-state index contributed by atoms with van der Waals surface area (Å²) in [5.41, 5.74) is 1.84. The number of amides is 1. The predicted octanol–water partition coefficient (Wildman–Crippen LogP) is 4.03. The molecule has 1 fully saturated rings. The van der Waals surface area contributed by atoms with Gasteiger partial charge in [0.15, 0.2) is 0 Å². The van der Waals surface area contributed by atoms with Gasteiger partial charge < -0.3 is 9.69 Å². The zero-order valence-corrected chi connectivity index (χ0v) is 14.9. The second-order valence-corrected chi connectivity index (χ2v) is 7.18. The Morgan fingerprint density at radius 3 is 2.52 bits per heavy atom. The van der Waals surface area contributed by atoms with Crippen molar-refractivity contribution < 1.29 is 9.59 Å². The van der Waals surface area contributed by atoms with Crippen molar-refractivity contribution in [2.45, 2.75) is 31.1 Å². The van der Waals surface area contributed by atoms with Crippen molar-refractivity contribution in [3.8, 4) is 0 Å². The number of hydrogen-bond donors (Lipinski definition) is 0. The first kappa shape index (κ1) is 17.7. The maximum Gasteiger partial charge on any atom is 0.227 e. The summed E-state index contributed by atoms with van der Waals surface area (Å²) in [4.78, 5) is 26.0. The normalized spacial score (nSPS) is 20.3. The maximum atomic E-state index is 12.8. The molecule has 1 amide bonds. The molecule has 0 N–H and O–H groups in total. The molecule has 1 heterocycles. The fraction of sp³-hybridized carbons (Fsp3) is 0.333. The Labute approximate surface area is 153 Å². The minimum atomic E-state index is -0.267. The van der Waals surface area contributed by atoms with E-state index in [0.29, 0.717) is 24.4 Å². The van der Waals surface area contributed by atoms with E-state index in [2.05, 4.69) is 12.1 Å². The van der Waals surface area contributed by atoms with Crippen molar-refractivity contribution in [2.75, 3.05) is 13.1 Å². The SMILES string of the molecule is O=CCC1(c2ccccc2)CCCN(C(=O)Cc2ccc(Cl)cc2)C1. The van der Waals surface area contributed by atoms with Crippen molar-refractivity contribution in [3.05, 3.63) is 70.7 Å². The number of piperidine rings is 1. The Balaban J connectivity index is 1.77. The number of likely N-dealkylation sites (tertiary alicyclic amines) is 1. The third-order valence-electron chi connectivity index (χ3n) is 5.06. The summed E-state index contributed by atoms with van der Waals surface area (Å²) < 4.78 is 0. The molecule has 1 atom stereocenters. The first-order chi connectivity index (χ1) is 12.1. The standard InChI is InChI=1S/C21H22ClNO2/c22-19-9-7-17(8-10-19)15-20(25)23-13-4-11-21(16-23,12-14-24)18-5-2-1-3-6-18/h1-3,5-10,14H,4,11-13,15-16H2. The molecule has 3 nitrogen and oxygen atoms in total. The molecule has 1 saturated heterocycles. The molecule has 0 saturated carbocycles. The lowest BCUT2D eigenvalue weighted by molar-refractivity contribution is -0.133. The third kappa shape index (κ3) is 4.10. The highest BCUT2D eigenvalue weighted by Gasteiger charge is 2.38. The average Bonchev–Trinajstić information content (AvgIpc) is 2.65. The first-order valence-corrected chi connectivity index (χ1v) is 9.02. The number of rotatable bonds is 5. The van der Waals surface area contributed by atoms with Crippen LogP contribution in [0.2, 0.25) is 5.02 Å². The lowest BCUT2D eigenvalue weighted by Gasteiger charge is -2.42. The van der Waals surface area contributed by atoms with Crippen LogP contribution in [0.25, 0.3) is 0 Å². The predicted molar refractivity (Wildman–Crippen MR) is 99.8 cm³/mol. The van der Waals surface area contributed by atoms with Crippen LogP contribution in [-0.2, 0) is 21.4 Å². The number of aldehydes is 1. The molecule has 0 bridgehead atoms. The number of hydrogen-bond acceptors (Lipinski definition) is 2. The Bertz CT molecular complexity index is 729. The Kier molecular flexibility index (Phi) is 5.54. The van der Waals surface area contributed by atoms with Crippen LogP contribution in [0, 0.1) is 0 Å². The van der Waals surface area contributed by atoms with Crippen LogP contribution in [0.3, 0.4) is 0 Å². The van der Waals surface area contributed by atoms with Gasteiger partial charge in [0.25, 0.3) is 0 Å². The summed E-state index contributed by atoms with van der Waals surface area (Å²) in [6.45, 7) is 1.35. The van der Waals surface area contributed by atoms with Crippen molar-refractivity contribution in [1.29, 1.82) is 0 Å². The molecule has 1 aliphatic rings. The molecule has 3 rings (SSSR count). The Morgan fingerprint density at radius 2 is 1.84 bits per heavy atom. The molecule has 0 aromatic heterocycles. The van der Waals surface area contributed by atoms with Gasteiger partial charge in [0.05, 0.1) is 6.42 Å². The second-order valence-electron chi connectivity index (χ2n) is 6.74. The van der Waals surface area contributed by atoms with Crippen LogP contribution >= 0.6 is 11.6 Å². The summed E-state index contributed by atoms with van der Waals surface area (Å²) in [6.07, 6.45) is 3.64. The van der Waals surface area contributed by atoms with Gasteiger partial charge in [0.1, 0.15) is 6.29 Å². The molecule has 0 radical (unpaired) electrons. The van der Waals surface area contributed by atoms with Crippen LogP contribution < -0.4 is 0 Å². The summed E-state index contributed by atoms with van der Waals surface area (Å²) in [7, 11) is 0. The van der Waals surface area contributed by atoms with E-state index in [0.717, 1.165) is 36.8 Å². The minimum Gasteiger partial charge on any atom is -0.342 e. The van der Waals surface area contributed by atoms with E-state index < -0.39 is 0 Å². The van der Waals surface area contributed by atoms with Gasteiger partial charge in [-0.1, -0.05) is 54.1 Å². The van der Waals surface area contributed by atoms with Gasteiger partial charge in [-0.15, -0.1) is 0 Å². The zero-order valence-electron chi connectivity index (χ0n) is 14.2. The molecule has 130 valence electrons. The van der Waals surface area contributed by atoms with Crippen LogP contribution in [0.4, 0.5) is 0 Å². The minimum absolute atomic E-state index is 0.105. The first-order valence-electron chi connectivity index (χ1n) is 8.64. The van der Waals surface area contributed by atoms with Gasteiger partial charge in [-0.05, 0) is 36.1 Å². The van der Waals surface area contributed by atoms with Gasteiger partial charge in [0, 0.05) is 29.9 Å². The van der Waals surface area contributed by atoms with E-state index in [1.807, 2.05) is 35.2 Å². The van der Waals surface area contributed by atoms with E-state index in [-0.39, 0.29) is 11.3 Å². The lowest BCUT2D eigenvalue weighted by atomic mass is 9.72. The average molecular weight is 356 g/mol. The van der Waals surface area contributed by atoms with Gasteiger partial charge in [-0.25, -0.2) is 0 Å². The molecule has 4 heteroatoms. The van der Waals surface area contributed by atoms with Crippen molar-refractivity contribution in [2.24, 2.45) is 0 Å². The number of benzene rings is 2. The molecule has 1 aliphatic heterocycles. The second kappa shape index (κ2) is 7.83. The molecule has 0 aliphatic carbocycles. The van der Waals surface area contributed by atoms with Crippen molar-refractivity contribution in [1.82, 2.24) is 4.90 Å². The number of carbonyl (C=O) groups is 2. The summed E-state index contributed by atoms with van der Waals surface area (Å²) in [6, 6.07) is 17.5. The fourth-order valence-corrected chi connectivity index (χ4v) is 3.83. The third-order valence-corrected chi connectivity index (χ3v) is 5.31. The maximum absolute atomic E-state index is 12.8. The van der Waals surface area contributed by atoms with Gasteiger partial charge in [-0.2, -0.15) is 0 Å². The molecule has 0 spiro atoms. The molecule has 2 aromatic carbocycles. The monoisotopic (exact) mass is 355 g/mol. The van der Waals surface area contributed by atoms with Gasteiger partial charge >= 0.3 is 0 Å². The molecule has 25 heavy (non-hydrogen) atoms. The Morgan fingerprint density at radius 1 is 1.12 bits per heavy atom. The van der Waals surface area contributed by atoms with Crippen LogP contribution in [0.5, 0.6) is 0 Å². The summed E-state index contributed by atoms with van der Waals surface area (Å²) in [5.74, 6) is 0.105. The van der Waals surface area contributed by atoms with E-state index in [1.54, 1.807) is 12.1 Å². The van der Waals surface area contributed by atoms with Gasteiger partial charge in [-0.3, -0.25) is 4.79 Å². The van der Waals surface area contributed by atoms with E-state index in [1.165, 1.54) is 0 Å². The quantitative estimate of drug-likeness (QED) is 0.759. The summed E-state index contributed by atoms with van der Waals surface area (Å²) in [5, 5.41) is 0.670. The number of halogens is 1. The highest BCUT2D eigenvalue weighted by molar-refractivity contribution is 6.30. The van der Waals surface area contributed by atoms with Crippen LogP contribution in [0.15, 0.2) is 54.6 Å². The smallest absolute Gasteiger partial charge is 0.227 e. The zero-order chi connectivity index (χ0) is 17.7. The highest BCUT2D eigenvalue weighted by atomic mass is 35.5. The molecular formula is C21H22ClNO2. The number of nitrogens with zero attached hydrogens (tertiary/aromatic N) is 1. The van der Waals surface area contributed by atoms with Gasteiger partial charge in [0.2, 0.25) is 5.91 Å². The number of carbonyl (C=O) groups excluding carboxylic acids is 2. The molecular weight excluding hydrogens is 334 g/mol. The topological polar surface area (TPSA) is 37.4 Å². The van der Waals surface area contributed by atoms with Crippen LogP contribution in [0.1, 0.15) is 30.4 Å². The molecule has 2 aromatic rings. The highest BCUT2D eigenvalue weighted by Crippen LogP contribution is 2.36. The van der Waals surface area contributed by atoms with E-state index >= 15 is 0 Å². The van der Waals surface area contributed by atoms with E-state index in [4.69, 9.17) is 11.6 Å². The molecule has 1 unspecified atom stereocenters. The Hall–Kier alpha value is -2.13.